The van der Waals surface area contributed by atoms with Crippen molar-refractivity contribution in [1.82, 2.24) is 10.2 Å². The first-order chi connectivity index (χ1) is 7.31. The van der Waals surface area contributed by atoms with Crippen LogP contribution in [0.1, 0.15) is 12.8 Å². The second-order valence-electron chi connectivity index (χ2n) is 4.16. The molecule has 0 bridgehead atoms. The Kier molecular flexibility index (Phi) is 6.17. The zero-order valence-corrected chi connectivity index (χ0v) is 10.2. The van der Waals surface area contributed by atoms with Crippen LogP contribution in [0.2, 0.25) is 0 Å². The van der Waals surface area contributed by atoms with Crippen molar-refractivity contribution in [2.24, 2.45) is 0 Å². The number of likely N-dealkylation sites (tertiary alicyclic amines) is 1. The molecule has 1 N–H and O–H groups in total. The normalized spacial score (nSPS) is 25.4. The summed E-state index contributed by atoms with van der Waals surface area (Å²) in [5, 5.41) is 3.22. The predicted molar refractivity (Wildman–Crippen MR) is 61.2 cm³/mol. The Balaban J connectivity index is 2.42. The minimum atomic E-state index is 0.398. The topological polar surface area (TPSA) is 33.7 Å². The molecule has 0 spiro atoms. The van der Waals surface area contributed by atoms with Crippen molar-refractivity contribution in [2.45, 2.75) is 25.0 Å². The molecule has 0 aliphatic carbocycles. The van der Waals surface area contributed by atoms with Gasteiger partial charge in [-0.15, -0.1) is 0 Å². The zero-order valence-electron chi connectivity index (χ0n) is 10.2. The Bertz CT molecular complexity index is 161. The summed E-state index contributed by atoms with van der Waals surface area (Å²) in [6.07, 6.45) is 2.81. The van der Waals surface area contributed by atoms with Gasteiger partial charge in [0.1, 0.15) is 0 Å². The molecule has 0 saturated carbocycles. The van der Waals surface area contributed by atoms with Crippen LogP contribution in [-0.4, -0.2) is 64.6 Å². The predicted octanol–water partition coefficient (Wildman–Crippen LogP) is 0.332. The molecular weight excluding hydrogens is 192 g/mol. The van der Waals surface area contributed by atoms with Gasteiger partial charge >= 0.3 is 0 Å². The van der Waals surface area contributed by atoms with Crippen LogP contribution >= 0.6 is 0 Å². The van der Waals surface area contributed by atoms with Gasteiger partial charge in [-0.05, 0) is 26.4 Å². The number of nitrogens with zero attached hydrogens (tertiary/aromatic N) is 1. The van der Waals surface area contributed by atoms with Gasteiger partial charge in [0, 0.05) is 33.4 Å². The Morgan fingerprint density at radius 2 is 2.27 bits per heavy atom. The Labute approximate surface area is 92.9 Å². The van der Waals surface area contributed by atoms with Crippen LogP contribution < -0.4 is 5.32 Å². The van der Waals surface area contributed by atoms with Crippen LogP contribution in [-0.2, 0) is 9.47 Å². The number of methoxy groups -OCH3 is 2. The van der Waals surface area contributed by atoms with Crippen LogP contribution in [0.5, 0.6) is 0 Å². The molecule has 4 nitrogen and oxygen atoms in total. The molecule has 2 atom stereocenters. The fourth-order valence-electron chi connectivity index (χ4n) is 2.21. The fourth-order valence-corrected chi connectivity index (χ4v) is 2.21. The molecule has 1 saturated heterocycles. The SMILES string of the molecule is CNCC(COC)N1CCCC(OC)C1. The Morgan fingerprint density at radius 1 is 1.47 bits per heavy atom. The standard InChI is InChI=1S/C11H24N2O2/c1-12-7-10(9-14-2)13-6-4-5-11(8-13)15-3/h10-12H,4-9H2,1-3H3. The number of hydrogen-bond donors (Lipinski definition) is 1. The van der Waals surface area contributed by atoms with Crippen molar-refractivity contribution in [2.75, 3.05) is 47.5 Å². The molecule has 90 valence electrons. The first-order valence-electron chi connectivity index (χ1n) is 5.72. The number of nitrogens with one attached hydrogen (secondary N) is 1. The van der Waals surface area contributed by atoms with E-state index in [-0.39, 0.29) is 0 Å². The summed E-state index contributed by atoms with van der Waals surface area (Å²) in [5.74, 6) is 0. The van der Waals surface area contributed by atoms with Crippen molar-refractivity contribution >= 4 is 0 Å². The van der Waals surface area contributed by atoms with Gasteiger partial charge in [-0.25, -0.2) is 0 Å². The van der Waals surface area contributed by atoms with E-state index < -0.39 is 0 Å². The van der Waals surface area contributed by atoms with Crippen LogP contribution in [0, 0.1) is 0 Å². The second-order valence-corrected chi connectivity index (χ2v) is 4.16. The zero-order chi connectivity index (χ0) is 11.1. The molecule has 4 heteroatoms. The molecule has 1 aliphatic rings. The average molecular weight is 216 g/mol. The van der Waals surface area contributed by atoms with Crippen molar-refractivity contribution in [3.8, 4) is 0 Å². The van der Waals surface area contributed by atoms with Crippen molar-refractivity contribution in [3.63, 3.8) is 0 Å². The number of hydrogen-bond acceptors (Lipinski definition) is 4. The lowest BCUT2D eigenvalue weighted by molar-refractivity contribution is -0.00170. The van der Waals surface area contributed by atoms with E-state index in [1.54, 1.807) is 14.2 Å². The number of piperidine rings is 1. The van der Waals surface area contributed by atoms with Gasteiger partial charge in [0.25, 0.3) is 0 Å². The van der Waals surface area contributed by atoms with Crippen LogP contribution in [0.3, 0.4) is 0 Å². The third kappa shape index (κ3) is 4.07. The number of ether oxygens (including phenoxy) is 2. The summed E-state index contributed by atoms with van der Waals surface area (Å²) in [4.78, 5) is 2.47. The highest BCUT2D eigenvalue weighted by Gasteiger charge is 2.25. The maximum atomic E-state index is 5.42. The van der Waals surface area contributed by atoms with Crippen molar-refractivity contribution in [3.05, 3.63) is 0 Å². The molecule has 15 heavy (non-hydrogen) atoms. The smallest absolute Gasteiger partial charge is 0.0698 e. The maximum Gasteiger partial charge on any atom is 0.0698 e. The molecule has 0 aromatic heterocycles. The Hall–Kier alpha value is -0.160. The lowest BCUT2D eigenvalue weighted by Gasteiger charge is -2.37. The van der Waals surface area contributed by atoms with E-state index in [0.717, 1.165) is 26.2 Å². The van der Waals surface area contributed by atoms with Crippen LogP contribution in [0.4, 0.5) is 0 Å². The molecular formula is C11H24N2O2. The number of likely N-dealkylation sites (N-methyl/N-ethyl adjacent to an activating group) is 1. The van der Waals surface area contributed by atoms with Gasteiger partial charge in [0.15, 0.2) is 0 Å². The summed E-state index contributed by atoms with van der Waals surface area (Å²) in [5.41, 5.74) is 0. The summed E-state index contributed by atoms with van der Waals surface area (Å²) < 4.78 is 10.7. The van der Waals surface area contributed by atoms with E-state index in [4.69, 9.17) is 9.47 Å². The fraction of sp³-hybridized carbons (Fsp3) is 1.00. The highest BCUT2D eigenvalue weighted by Crippen LogP contribution is 2.15. The van der Waals surface area contributed by atoms with Crippen LogP contribution in [0.25, 0.3) is 0 Å². The van der Waals surface area contributed by atoms with Crippen molar-refractivity contribution in [1.29, 1.82) is 0 Å². The van der Waals surface area contributed by atoms with E-state index in [9.17, 15) is 0 Å². The Morgan fingerprint density at radius 3 is 2.87 bits per heavy atom. The van der Waals surface area contributed by atoms with E-state index >= 15 is 0 Å². The molecule has 0 radical (unpaired) electrons. The highest BCUT2D eigenvalue weighted by molar-refractivity contribution is 4.80. The molecule has 1 fully saturated rings. The van der Waals surface area contributed by atoms with E-state index in [1.165, 1.54) is 12.8 Å². The largest absolute Gasteiger partial charge is 0.383 e. The first-order valence-corrected chi connectivity index (χ1v) is 5.72. The number of rotatable bonds is 6. The quantitative estimate of drug-likeness (QED) is 0.694. The third-order valence-corrected chi connectivity index (χ3v) is 3.06. The average Bonchev–Trinajstić information content (AvgIpc) is 2.29. The summed E-state index contributed by atoms with van der Waals surface area (Å²) in [6, 6.07) is 0.470. The highest BCUT2D eigenvalue weighted by atomic mass is 16.5. The van der Waals surface area contributed by atoms with Crippen LogP contribution in [0.15, 0.2) is 0 Å². The minimum Gasteiger partial charge on any atom is -0.383 e. The summed E-state index contributed by atoms with van der Waals surface area (Å²) >= 11 is 0. The lowest BCUT2D eigenvalue weighted by Crippen LogP contribution is -2.50. The van der Waals surface area contributed by atoms with Gasteiger partial charge in [0.05, 0.1) is 12.7 Å². The summed E-state index contributed by atoms with van der Waals surface area (Å²) in [6.45, 7) is 3.96. The maximum absolute atomic E-state index is 5.42. The molecule has 0 amide bonds. The lowest BCUT2D eigenvalue weighted by atomic mass is 10.1. The molecule has 1 rings (SSSR count). The molecule has 1 heterocycles. The van der Waals surface area contributed by atoms with Gasteiger partial charge < -0.3 is 14.8 Å². The second kappa shape index (κ2) is 7.17. The molecule has 0 aromatic rings. The third-order valence-electron chi connectivity index (χ3n) is 3.06. The van der Waals surface area contributed by atoms with E-state index in [2.05, 4.69) is 10.2 Å². The van der Waals surface area contributed by atoms with Gasteiger partial charge in [-0.2, -0.15) is 0 Å². The molecule has 1 aliphatic heterocycles. The van der Waals surface area contributed by atoms with Gasteiger partial charge in [-0.1, -0.05) is 0 Å². The molecule has 0 aromatic carbocycles. The summed E-state index contributed by atoms with van der Waals surface area (Å²) in [7, 11) is 5.55. The first kappa shape index (κ1) is 12.9. The monoisotopic (exact) mass is 216 g/mol. The van der Waals surface area contributed by atoms with E-state index in [0.29, 0.717) is 12.1 Å². The van der Waals surface area contributed by atoms with Gasteiger partial charge in [-0.3, -0.25) is 4.90 Å². The molecule has 2 unspecified atom stereocenters. The van der Waals surface area contributed by atoms with E-state index in [1.807, 2.05) is 7.05 Å². The minimum absolute atomic E-state index is 0.398. The van der Waals surface area contributed by atoms with Gasteiger partial charge in [0.2, 0.25) is 0 Å². The van der Waals surface area contributed by atoms with Crippen molar-refractivity contribution < 1.29 is 9.47 Å².